The van der Waals surface area contributed by atoms with Crippen molar-refractivity contribution in [3.05, 3.63) is 11.8 Å². The van der Waals surface area contributed by atoms with Crippen LogP contribution in [0.4, 0.5) is 5.82 Å². The summed E-state index contributed by atoms with van der Waals surface area (Å²) in [6, 6.07) is 1.84. The van der Waals surface area contributed by atoms with Crippen molar-refractivity contribution in [1.29, 1.82) is 0 Å². The van der Waals surface area contributed by atoms with E-state index in [9.17, 15) is 4.79 Å². The number of amides is 1. The fourth-order valence-electron chi connectivity index (χ4n) is 1.91. The second kappa shape index (κ2) is 7.09. The lowest BCUT2D eigenvalue weighted by atomic mass is 10.1. The number of aryl methyl sites for hydroxylation is 1. The van der Waals surface area contributed by atoms with E-state index in [0.29, 0.717) is 12.2 Å². The third kappa shape index (κ3) is 4.57. The van der Waals surface area contributed by atoms with Gasteiger partial charge in [-0.15, -0.1) is 0 Å². The van der Waals surface area contributed by atoms with E-state index in [-0.39, 0.29) is 5.91 Å². The van der Waals surface area contributed by atoms with Crippen LogP contribution in [0.25, 0.3) is 0 Å². The summed E-state index contributed by atoms with van der Waals surface area (Å²) in [6.45, 7) is 1.92. The van der Waals surface area contributed by atoms with Gasteiger partial charge in [-0.25, -0.2) is 0 Å². The number of nitrogens with zero attached hydrogens (tertiary/aromatic N) is 1. The average Bonchev–Trinajstić information content (AvgIpc) is 2.96. The van der Waals surface area contributed by atoms with Crippen molar-refractivity contribution < 1.29 is 4.79 Å². The molecule has 1 aromatic rings. The summed E-state index contributed by atoms with van der Waals surface area (Å²) in [5, 5.41) is 10.4. The van der Waals surface area contributed by atoms with Crippen molar-refractivity contribution in [1.82, 2.24) is 10.2 Å². The first kappa shape index (κ1) is 13.8. The Morgan fingerprint density at radius 2 is 2.50 bits per heavy atom. The van der Waals surface area contributed by atoms with Crippen molar-refractivity contribution >= 4 is 33.3 Å². The van der Waals surface area contributed by atoms with Gasteiger partial charge in [0.15, 0.2) is 5.82 Å². The number of carbonyl (C=O) groups excluding carboxylic acids is 1. The highest BCUT2D eigenvalue weighted by atomic mass is 33.1. The van der Waals surface area contributed by atoms with Gasteiger partial charge in [-0.3, -0.25) is 9.89 Å². The summed E-state index contributed by atoms with van der Waals surface area (Å²) in [5.41, 5.74) is 0.959. The summed E-state index contributed by atoms with van der Waals surface area (Å²) in [7, 11) is 3.98. The second-order valence-electron chi connectivity index (χ2n) is 4.56. The van der Waals surface area contributed by atoms with Gasteiger partial charge < -0.3 is 5.32 Å². The summed E-state index contributed by atoms with van der Waals surface area (Å²) in [6.07, 6.45) is 5.28. The maximum absolute atomic E-state index is 11.6. The molecule has 1 aromatic heterocycles. The van der Waals surface area contributed by atoms with Crippen molar-refractivity contribution in [2.24, 2.45) is 0 Å². The maximum atomic E-state index is 11.6. The zero-order valence-electron chi connectivity index (χ0n) is 10.6. The minimum absolute atomic E-state index is 0.0648. The van der Waals surface area contributed by atoms with Crippen LogP contribution >= 0.6 is 21.6 Å². The Kier molecular flexibility index (Phi) is 5.44. The van der Waals surface area contributed by atoms with E-state index >= 15 is 0 Å². The first-order chi connectivity index (χ1) is 8.74. The van der Waals surface area contributed by atoms with Crippen molar-refractivity contribution in [2.45, 2.75) is 44.3 Å². The first-order valence-corrected chi connectivity index (χ1v) is 8.72. The highest BCUT2D eigenvalue weighted by Gasteiger charge is 2.15. The lowest BCUT2D eigenvalue weighted by molar-refractivity contribution is -0.116. The Labute approximate surface area is 115 Å². The van der Waals surface area contributed by atoms with Gasteiger partial charge in [-0.1, -0.05) is 28.0 Å². The molecule has 1 saturated heterocycles. The molecule has 0 aliphatic carbocycles. The Morgan fingerprint density at radius 1 is 1.61 bits per heavy atom. The molecule has 2 rings (SSSR count). The van der Waals surface area contributed by atoms with E-state index < -0.39 is 0 Å². The molecular weight excluding hydrogens is 266 g/mol. The third-order valence-corrected chi connectivity index (χ3v) is 5.89. The number of H-pyrrole nitrogens is 1. The molecule has 0 aromatic carbocycles. The fraction of sp³-hybridized carbons (Fsp3) is 0.667. The molecule has 2 heterocycles. The van der Waals surface area contributed by atoms with Gasteiger partial charge in [-0.05, 0) is 26.2 Å². The molecule has 1 atom stereocenters. The minimum atomic E-state index is 0.0648. The number of aromatic nitrogens is 2. The predicted octanol–water partition coefficient (Wildman–Crippen LogP) is 3.37. The molecule has 100 valence electrons. The maximum Gasteiger partial charge on any atom is 0.225 e. The normalized spacial score (nSPS) is 19.1. The van der Waals surface area contributed by atoms with E-state index in [4.69, 9.17) is 0 Å². The number of hydrogen-bond acceptors (Lipinski definition) is 4. The molecule has 1 amide bonds. The fourth-order valence-corrected chi connectivity index (χ4v) is 4.94. The predicted molar refractivity (Wildman–Crippen MR) is 78.9 cm³/mol. The number of aromatic amines is 1. The highest BCUT2D eigenvalue weighted by molar-refractivity contribution is 8.77. The highest BCUT2D eigenvalue weighted by Crippen LogP contribution is 2.39. The second-order valence-corrected chi connectivity index (χ2v) is 7.35. The molecule has 1 aliphatic heterocycles. The van der Waals surface area contributed by atoms with E-state index in [1.807, 2.05) is 34.6 Å². The van der Waals surface area contributed by atoms with Crippen LogP contribution in [0.3, 0.4) is 0 Å². The van der Waals surface area contributed by atoms with Crippen molar-refractivity contribution in [2.75, 3.05) is 11.1 Å². The summed E-state index contributed by atoms with van der Waals surface area (Å²) >= 11 is 0. The van der Waals surface area contributed by atoms with Crippen LogP contribution < -0.4 is 5.32 Å². The van der Waals surface area contributed by atoms with Crippen molar-refractivity contribution in [3.8, 4) is 0 Å². The van der Waals surface area contributed by atoms with Crippen LogP contribution in [0.15, 0.2) is 6.07 Å². The summed E-state index contributed by atoms with van der Waals surface area (Å²) < 4.78 is 0. The lowest BCUT2D eigenvalue weighted by Crippen LogP contribution is -2.11. The van der Waals surface area contributed by atoms with E-state index in [1.165, 1.54) is 18.6 Å². The summed E-state index contributed by atoms with van der Waals surface area (Å²) in [4.78, 5) is 11.6. The lowest BCUT2D eigenvalue weighted by Gasteiger charge is -2.06. The first-order valence-electron chi connectivity index (χ1n) is 6.34. The molecule has 0 radical (unpaired) electrons. The van der Waals surface area contributed by atoms with Crippen LogP contribution in [0.2, 0.25) is 0 Å². The number of carbonyl (C=O) groups is 1. The van der Waals surface area contributed by atoms with Crippen LogP contribution in [-0.2, 0) is 4.79 Å². The average molecular weight is 285 g/mol. The van der Waals surface area contributed by atoms with Gasteiger partial charge >= 0.3 is 0 Å². The molecule has 0 spiro atoms. The quantitative estimate of drug-likeness (QED) is 0.621. The molecule has 1 aliphatic rings. The van der Waals surface area contributed by atoms with E-state index in [0.717, 1.165) is 23.8 Å². The van der Waals surface area contributed by atoms with Gasteiger partial charge in [0, 0.05) is 29.2 Å². The Morgan fingerprint density at radius 3 is 3.17 bits per heavy atom. The molecule has 4 nitrogen and oxygen atoms in total. The van der Waals surface area contributed by atoms with Crippen LogP contribution in [0.1, 0.15) is 37.8 Å². The van der Waals surface area contributed by atoms with Gasteiger partial charge in [-0.2, -0.15) is 5.10 Å². The van der Waals surface area contributed by atoms with Crippen LogP contribution in [0, 0.1) is 6.92 Å². The molecule has 0 saturated carbocycles. The Balaban J connectivity index is 1.57. The van der Waals surface area contributed by atoms with E-state index in [1.54, 1.807) is 0 Å². The standard InChI is InChI=1S/C12H19N3OS2/c1-9-8-11(15-14-9)13-12(16)5-3-2-4-10-6-7-17-18-10/h8,10H,2-7H2,1H3,(H2,13,14,15,16). The molecule has 18 heavy (non-hydrogen) atoms. The van der Waals surface area contributed by atoms with Gasteiger partial charge in [0.25, 0.3) is 0 Å². The molecule has 6 heteroatoms. The number of hydrogen-bond donors (Lipinski definition) is 2. The third-order valence-electron chi connectivity index (χ3n) is 2.88. The molecular formula is C12H19N3OS2. The molecule has 2 N–H and O–H groups in total. The van der Waals surface area contributed by atoms with Gasteiger partial charge in [0.1, 0.15) is 0 Å². The SMILES string of the molecule is Cc1cc(NC(=O)CCCCC2CCSS2)n[nH]1. The van der Waals surface area contributed by atoms with Crippen molar-refractivity contribution in [3.63, 3.8) is 0 Å². The molecule has 1 unspecified atom stereocenters. The number of rotatable bonds is 6. The topological polar surface area (TPSA) is 57.8 Å². The Hall–Kier alpha value is -0.620. The number of unbranched alkanes of at least 4 members (excludes halogenated alkanes) is 1. The molecule has 0 bridgehead atoms. The van der Waals surface area contributed by atoms with Crippen LogP contribution in [0.5, 0.6) is 0 Å². The summed E-state index contributed by atoms with van der Waals surface area (Å²) in [5.74, 6) is 1.98. The number of nitrogens with one attached hydrogen (secondary N) is 2. The molecule has 1 fully saturated rings. The minimum Gasteiger partial charge on any atom is -0.309 e. The Bertz CT molecular complexity index is 388. The zero-order valence-corrected chi connectivity index (χ0v) is 12.2. The van der Waals surface area contributed by atoms with E-state index in [2.05, 4.69) is 15.5 Å². The monoisotopic (exact) mass is 285 g/mol. The van der Waals surface area contributed by atoms with Gasteiger partial charge in [0.05, 0.1) is 0 Å². The van der Waals surface area contributed by atoms with Crippen LogP contribution in [-0.4, -0.2) is 27.1 Å². The van der Waals surface area contributed by atoms with Gasteiger partial charge in [0.2, 0.25) is 5.91 Å². The number of anilines is 1. The largest absolute Gasteiger partial charge is 0.309 e. The smallest absolute Gasteiger partial charge is 0.225 e. The zero-order chi connectivity index (χ0) is 12.8.